The highest BCUT2D eigenvalue weighted by molar-refractivity contribution is 5.56. The van der Waals surface area contributed by atoms with Gasteiger partial charge in [-0.2, -0.15) is 0 Å². The Bertz CT molecular complexity index is 1060. The number of anilines is 1. The van der Waals surface area contributed by atoms with E-state index in [1.807, 2.05) is 12.1 Å². The predicted octanol–water partition coefficient (Wildman–Crippen LogP) is 4.33. The molecule has 7 nitrogen and oxygen atoms in total. The van der Waals surface area contributed by atoms with Crippen LogP contribution in [0.25, 0.3) is 0 Å². The van der Waals surface area contributed by atoms with Crippen LogP contribution in [0.3, 0.4) is 0 Å². The average molecular weight is 447 g/mol. The number of nitrogens with zero attached hydrogens (tertiary/aromatic N) is 6. The van der Waals surface area contributed by atoms with E-state index >= 15 is 0 Å². The Morgan fingerprint density at radius 3 is 2.36 bits per heavy atom. The summed E-state index contributed by atoms with van der Waals surface area (Å²) in [5.41, 5.74) is 5.29. The summed E-state index contributed by atoms with van der Waals surface area (Å²) in [4.78, 5) is 5.06. The van der Waals surface area contributed by atoms with E-state index in [2.05, 4.69) is 74.2 Å². The quantitative estimate of drug-likeness (QED) is 0.562. The molecular formula is C26H34N6O. The molecule has 0 spiro atoms. The van der Waals surface area contributed by atoms with Crippen molar-refractivity contribution in [3.8, 4) is 5.75 Å². The zero-order valence-electron chi connectivity index (χ0n) is 19.9. The van der Waals surface area contributed by atoms with Crippen molar-refractivity contribution in [2.45, 2.75) is 51.6 Å². The zero-order chi connectivity index (χ0) is 22.8. The summed E-state index contributed by atoms with van der Waals surface area (Å²) >= 11 is 0. The number of rotatable bonds is 6. The molecule has 2 fully saturated rings. The summed E-state index contributed by atoms with van der Waals surface area (Å²) in [5, 5.41) is 13.2. The van der Waals surface area contributed by atoms with Gasteiger partial charge in [0.15, 0.2) is 5.82 Å². The second kappa shape index (κ2) is 9.51. The van der Waals surface area contributed by atoms with Crippen LogP contribution in [0.5, 0.6) is 5.75 Å². The van der Waals surface area contributed by atoms with Gasteiger partial charge in [-0.25, -0.2) is 4.68 Å². The highest BCUT2D eigenvalue weighted by atomic mass is 16.5. The summed E-state index contributed by atoms with van der Waals surface area (Å²) in [6.07, 6.45) is 4.83. The minimum Gasteiger partial charge on any atom is -0.497 e. The van der Waals surface area contributed by atoms with E-state index in [1.54, 1.807) is 7.11 Å². The van der Waals surface area contributed by atoms with Crippen molar-refractivity contribution in [1.29, 1.82) is 0 Å². The zero-order valence-corrected chi connectivity index (χ0v) is 19.9. The Morgan fingerprint density at radius 1 is 0.939 bits per heavy atom. The smallest absolute Gasteiger partial charge is 0.173 e. The van der Waals surface area contributed by atoms with E-state index in [4.69, 9.17) is 4.74 Å². The first-order chi connectivity index (χ1) is 16.2. The van der Waals surface area contributed by atoms with Crippen molar-refractivity contribution in [1.82, 2.24) is 25.1 Å². The molecule has 0 radical (unpaired) electrons. The molecule has 1 aromatic heterocycles. The van der Waals surface area contributed by atoms with E-state index in [0.29, 0.717) is 6.04 Å². The van der Waals surface area contributed by atoms with E-state index in [0.717, 1.165) is 50.6 Å². The maximum absolute atomic E-state index is 5.41. The van der Waals surface area contributed by atoms with E-state index < -0.39 is 0 Å². The highest BCUT2D eigenvalue weighted by Crippen LogP contribution is 2.35. The second-order valence-corrected chi connectivity index (χ2v) is 9.34. The van der Waals surface area contributed by atoms with E-state index in [1.165, 1.54) is 35.2 Å². The molecule has 3 aromatic rings. The van der Waals surface area contributed by atoms with Crippen molar-refractivity contribution in [2.24, 2.45) is 0 Å². The van der Waals surface area contributed by atoms with Gasteiger partial charge in [-0.1, -0.05) is 37.1 Å². The van der Waals surface area contributed by atoms with Gasteiger partial charge in [-0.15, -0.1) is 5.10 Å². The maximum Gasteiger partial charge on any atom is 0.173 e. The molecule has 0 amide bonds. The lowest BCUT2D eigenvalue weighted by atomic mass is 10.0. The van der Waals surface area contributed by atoms with Gasteiger partial charge in [-0.05, 0) is 72.0 Å². The maximum atomic E-state index is 5.41. The molecule has 1 aliphatic carbocycles. The van der Waals surface area contributed by atoms with Crippen molar-refractivity contribution in [3.63, 3.8) is 0 Å². The monoisotopic (exact) mass is 446 g/mol. The summed E-state index contributed by atoms with van der Waals surface area (Å²) in [7, 11) is 1.71. The standard InChI is InChI=1S/C26H34N6O/c1-19-7-6-10-24(20(19)2)30-15-17-31(18-16-30)25(21-11-13-23(33-3)14-12-21)26-27-28-29-32(26)22-8-4-5-9-22/h6-7,10-14,22,25H,4-5,8-9,15-18H2,1-3H3/t25-/m1/s1. The first-order valence-electron chi connectivity index (χ1n) is 12.1. The molecule has 7 heteroatoms. The number of tetrazole rings is 1. The van der Waals surface area contributed by atoms with Gasteiger partial charge < -0.3 is 9.64 Å². The first-order valence-corrected chi connectivity index (χ1v) is 12.1. The fraction of sp³-hybridized carbons (Fsp3) is 0.500. The number of hydrogen-bond donors (Lipinski definition) is 0. The molecule has 5 rings (SSSR count). The van der Waals surface area contributed by atoms with Gasteiger partial charge in [0.25, 0.3) is 0 Å². The van der Waals surface area contributed by atoms with E-state index in [9.17, 15) is 0 Å². The molecule has 0 N–H and O–H groups in total. The number of hydrogen-bond acceptors (Lipinski definition) is 6. The van der Waals surface area contributed by atoms with Crippen molar-refractivity contribution in [3.05, 3.63) is 65.0 Å². The molecule has 2 heterocycles. The number of aromatic nitrogens is 4. The van der Waals surface area contributed by atoms with Crippen molar-refractivity contribution in [2.75, 3.05) is 38.2 Å². The number of benzene rings is 2. The molecule has 2 aliphatic rings. The molecule has 0 bridgehead atoms. The van der Waals surface area contributed by atoms with Gasteiger partial charge in [0.2, 0.25) is 0 Å². The minimum atomic E-state index is 0.0345. The summed E-state index contributed by atoms with van der Waals surface area (Å²) in [5.74, 6) is 1.83. The van der Waals surface area contributed by atoms with Gasteiger partial charge in [0, 0.05) is 31.9 Å². The largest absolute Gasteiger partial charge is 0.497 e. The van der Waals surface area contributed by atoms with Crippen LogP contribution in [0.1, 0.15) is 60.3 Å². The van der Waals surface area contributed by atoms with Crippen LogP contribution in [0.15, 0.2) is 42.5 Å². The summed E-state index contributed by atoms with van der Waals surface area (Å²) < 4.78 is 7.52. The Balaban J connectivity index is 1.43. The normalized spacial score (nSPS) is 18.6. The lowest BCUT2D eigenvalue weighted by molar-refractivity contribution is 0.197. The lowest BCUT2D eigenvalue weighted by Gasteiger charge is -2.40. The number of ether oxygens (including phenoxy) is 1. The average Bonchev–Trinajstić information content (AvgIpc) is 3.54. The molecule has 33 heavy (non-hydrogen) atoms. The molecule has 0 unspecified atom stereocenters. The van der Waals surface area contributed by atoms with Gasteiger partial charge in [0.1, 0.15) is 5.75 Å². The SMILES string of the molecule is COc1ccc([C@H](c2nnnn2C2CCCC2)N2CCN(c3cccc(C)c3C)CC2)cc1. The summed E-state index contributed by atoms with van der Waals surface area (Å²) in [6, 6.07) is 15.5. The fourth-order valence-electron chi connectivity index (χ4n) is 5.40. The Hall–Kier alpha value is -2.93. The molecule has 1 atom stereocenters. The Kier molecular flexibility index (Phi) is 6.31. The van der Waals surface area contributed by atoms with E-state index in [-0.39, 0.29) is 6.04 Å². The third kappa shape index (κ3) is 4.34. The molecule has 1 saturated heterocycles. The fourth-order valence-corrected chi connectivity index (χ4v) is 5.40. The topological polar surface area (TPSA) is 59.3 Å². The van der Waals surface area contributed by atoms with Gasteiger partial charge in [-0.3, -0.25) is 4.90 Å². The summed E-state index contributed by atoms with van der Waals surface area (Å²) in [6.45, 7) is 8.32. The molecule has 174 valence electrons. The third-order valence-corrected chi connectivity index (χ3v) is 7.46. The number of aryl methyl sites for hydroxylation is 1. The van der Waals surface area contributed by atoms with Crippen LogP contribution < -0.4 is 9.64 Å². The minimum absolute atomic E-state index is 0.0345. The van der Waals surface area contributed by atoms with Crippen LogP contribution >= 0.6 is 0 Å². The van der Waals surface area contributed by atoms with Gasteiger partial charge in [0.05, 0.1) is 19.2 Å². The third-order valence-electron chi connectivity index (χ3n) is 7.46. The molecule has 2 aromatic carbocycles. The molecular weight excluding hydrogens is 412 g/mol. The van der Waals surface area contributed by atoms with Gasteiger partial charge >= 0.3 is 0 Å². The van der Waals surface area contributed by atoms with Crippen LogP contribution in [-0.4, -0.2) is 58.4 Å². The van der Waals surface area contributed by atoms with Crippen LogP contribution in [0.4, 0.5) is 5.69 Å². The second-order valence-electron chi connectivity index (χ2n) is 9.34. The van der Waals surface area contributed by atoms with Crippen LogP contribution in [-0.2, 0) is 0 Å². The van der Waals surface area contributed by atoms with Crippen LogP contribution in [0.2, 0.25) is 0 Å². The molecule has 1 saturated carbocycles. The van der Waals surface area contributed by atoms with Crippen molar-refractivity contribution >= 4 is 5.69 Å². The number of piperazine rings is 1. The lowest BCUT2D eigenvalue weighted by Crippen LogP contribution is -2.48. The van der Waals surface area contributed by atoms with Crippen LogP contribution in [0, 0.1) is 13.8 Å². The highest BCUT2D eigenvalue weighted by Gasteiger charge is 2.33. The number of methoxy groups -OCH3 is 1. The van der Waals surface area contributed by atoms with Crippen molar-refractivity contribution < 1.29 is 4.74 Å². The first kappa shape index (κ1) is 21.9. The Morgan fingerprint density at radius 2 is 1.67 bits per heavy atom. The Labute approximate surface area is 196 Å². The molecule has 1 aliphatic heterocycles. The predicted molar refractivity (Wildman–Crippen MR) is 130 cm³/mol.